The van der Waals surface area contributed by atoms with Gasteiger partial charge in [0, 0.05) is 18.9 Å². The minimum atomic E-state index is -0.455. The number of fused-ring (bicyclic) bond motifs is 1. The first kappa shape index (κ1) is 22.4. The Morgan fingerprint density at radius 3 is 2.74 bits per heavy atom. The van der Waals surface area contributed by atoms with E-state index >= 15 is 0 Å². The fourth-order valence-electron chi connectivity index (χ4n) is 5.05. The Balaban J connectivity index is 1.82. The van der Waals surface area contributed by atoms with Gasteiger partial charge in [0.05, 0.1) is 6.10 Å². The van der Waals surface area contributed by atoms with Gasteiger partial charge in [-0.15, -0.1) is 6.58 Å². The highest BCUT2D eigenvalue weighted by Crippen LogP contribution is 2.48. The lowest BCUT2D eigenvalue weighted by Crippen LogP contribution is -2.29. The van der Waals surface area contributed by atoms with Gasteiger partial charge < -0.3 is 10.2 Å². The number of aliphatic hydroxyl groups is 2. The van der Waals surface area contributed by atoms with Crippen molar-refractivity contribution in [2.45, 2.75) is 90.6 Å². The van der Waals surface area contributed by atoms with Crippen LogP contribution in [0, 0.1) is 23.2 Å². The van der Waals surface area contributed by atoms with Gasteiger partial charge in [0.1, 0.15) is 5.78 Å². The first-order chi connectivity index (χ1) is 12.9. The Labute approximate surface area is 165 Å². The van der Waals surface area contributed by atoms with E-state index in [4.69, 9.17) is 5.11 Å². The largest absolute Gasteiger partial charge is 0.396 e. The zero-order chi connectivity index (χ0) is 19.9. The molecule has 2 aliphatic rings. The van der Waals surface area contributed by atoms with E-state index in [9.17, 15) is 9.90 Å². The maximum Gasteiger partial charge on any atom is 0.138 e. The van der Waals surface area contributed by atoms with Crippen LogP contribution in [-0.2, 0) is 4.79 Å². The summed E-state index contributed by atoms with van der Waals surface area (Å²) in [7, 11) is 0. The third kappa shape index (κ3) is 6.57. The van der Waals surface area contributed by atoms with Crippen molar-refractivity contribution in [3.63, 3.8) is 0 Å². The van der Waals surface area contributed by atoms with Gasteiger partial charge in [-0.2, -0.15) is 0 Å². The standard InChI is InChI=1S/C24H40O3/c1-4-5-8-12-24(2,3)13-11-21(26)23-20-16-18(10-7-6-9-14-25)15-19(20)17-22(23)27/h4,15,19-20,22-23,25,27H,1,5-14,16-17H2,2-3H3/t19-,20-,22-,23+/m1/s1. The predicted octanol–water partition coefficient (Wildman–Crippen LogP) is 5.21. The van der Waals surface area contributed by atoms with E-state index in [-0.39, 0.29) is 23.7 Å². The predicted molar refractivity (Wildman–Crippen MR) is 111 cm³/mol. The average molecular weight is 377 g/mol. The van der Waals surface area contributed by atoms with Crippen molar-refractivity contribution in [1.82, 2.24) is 0 Å². The summed E-state index contributed by atoms with van der Waals surface area (Å²) in [5.41, 5.74) is 1.64. The van der Waals surface area contributed by atoms with Crippen LogP contribution in [0.3, 0.4) is 0 Å². The van der Waals surface area contributed by atoms with Crippen molar-refractivity contribution >= 4 is 5.78 Å². The van der Waals surface area contributed by atoms with Crippen LogP contribution >= 0.6 is 0 Å². The average Bonchev–Trinajstić information content (AvgIpc) is 3.13. The number of carbonyl (C=O) groups excluding carboxylic acids is 1. The van der Waals surface area contributed by atoms with Crippen molar-refractivity contribution in [2.75, 3.05) is 6.61 Å². The van der Waals surface area contributed by atoms with Crippen LogP contribution in [0.15, 0.2) is 24.3 Å². The molecule has 3 nitrogen and oxygen atoms in total. The Bertz CT molecular complexity index is 520. The molecular formula is C24H40O3. The van der Waals surface area contributed by atoms with Crippen LogP contribution in [0.4, 0.5) is 0 Å². The van der Waals surface area contributed by atoms with Gasteiger partial charge in [0.2, 0.25) is 0 Å². The molecule has 0 saturated heterocycles. The van der Waals surface area contributed by atoms with E-state index in [0.717, 1.165) is 64.2 Å². The Hall–Kier alpha value is -0.930. The molecule has 0 spiro atoms. The van der Waals surface area contributed by atoms with Crippen LogP contribution in [0.2, 0.25) is 0 Å². The van der Waals surface area contributed by atoms with Crippen molar-refractivity contribution in [2.24, 2.45) is 23.2 Å². The maximum atomic E-state index is 13.0. The lowest BCUT2D eigenvalue weighted by atomic mass is 9.78. The third-order valence-corrected chi connectivity index (χ3v) is 6.72. The second kappa shape index (κ2) is 10.6. The molecule has 0 amide bonds. The quantitative estimate of drug-likeness (QED) is 0.342. The van der Waals surface area contributed by atoms with Crippen LogP contribution < -0.4 is 0 Å². The van der Waals surface area contributed by atoms with Gasteiger partial charge in [-0.05, 0) is 75.0 Å². The van der Waals surface area contributed by atoms with E-state index in [1.807, 2.05) is 6.08 Å². The van der Waals surface area contributed by atoms with Gasteiger partial charge >= 0.3 is 0 Å². The molecule has 0 bridgehead atoms. The van der Waals surface area contributed by atoms with Crippen LogP contribution in [-0.4, -0.2) is 28.7 Å². The number of hydrogen-bond acceptors (Lipinski definition) is 3. The lowest BCUT2D eigenvalue weighted by molar-refractivity contribution is -0.127. The molecule has 0 aliphatic heterocycles. The van der Waals surface area contributed by atoms with E-state index in [0.29, 0.717) is 18.3 Å². The maximum absolute atomic E-state index is 13.0. The number of unbranched alkanes of at least 4 members (excludes halogenated alkanes) is 3. The van der Waals surface area contributed by atoms with Gasteiger partial charge in [-0.25, -0.2) is 0 Å². The van der Waals surface area contributed by atoms with Gasteiger partial charge in [0.25, 0.3) is 0 Å². The molecule has 3 heteroatoms. The summed E-state index contributed by atoms with van der Waals surface area (Å²) in [4.78, 5) is 13.0. The number of ketones is 1. The Kier molecular flexibility index (Phi) is 8.75. The summed E-state index contributed by atoms with van der Waals surface area (Å²) in [6.45, 7) is 8.55. The highest BCUT2D eigenvalue weighted by molar-refractivity contribution is 5.82. The molecule has 1 saturated carbocycles. The second-order valence-electron chi connectivity index (χ2n) is 9.53. The summed E-state index contributed by atoms with van der Waals surface area (Å²) in [6.07, 6.45) is 14.5. The molecule has 0 aromatic heterocycles. The highest BCUT2D eigenvalue weighted by Gasteiger charge is 2.47. The van der Waals surface area contributed by atoms with Crippen molar-refractivity contribution in [3.8, 4) is 0 Å². The minimum absolute atomic E-state index is 0.162. The second-order valence-corrected chi connectivity index (χ2v) is 9.53. The molecule has 0 heterocycles. The van der Waals surface area contributed by atoms with Crippen molar-refractivity contribution < 1.29 is 15.0 Å². The molecule has 4 atom stereocenters. The third-order valence-electron chi connectivity index (χ3n) is 6.72. The zero-order valence-corrected chi connectivity index (χ0v) is 17.5. The molecule has 2 aliphatic carbocycles. The summed E-state index contributed by atoms with van der Waals surface area (Å²) < 4.78 is 0. The minimum Gasteiger partial charge on any atom is -0.396 e. The molecule has 2 rings (SSSR count). The fourth-order valence-corrected chi connectivity index (χ4v) is 5.05. The number of carbonyl (C=O) groups is 1. The summed E-state index contributed by atoms with van der Waals surface area (Å²) in [5.74, 6) is 0.832. The van der Waals surface area contributed by atoms with Crippen LogP contribution in [0.1, 0.15) is 84.5 Å². The molecule has 27 heavy (non-hydrogen) atoms. The molecule has 1 fully saturated rings. The first-order valence-corrected chi connectivity index (χ1v) is 11.0. The Morgan fingerprint density at radius 1 is 1.26 bits per heavy atom. The smallest absolute Gasteiger partial charge is 0.138 e. The normalized spacial score (nSPS) is 27.5. The number of aliphatic hydroxyl groups excluding tert-OH is 2. The van der Waals surface area contributed by atoms with Crippen molar-refractivity contribution in [1.29, 1.82) is 0 Å². The Morgan fingerprint density at radius 2 is 2.04 bits per heavy atom. The lowest BCUT2D eigenvalue weighted by Gasteiger charge is -2.26. The number of allylic oxidation sites excluding steroid dienone is 3. The molecule has 0 unspecified atom stereocenters. The monoisotopic (exact) mass is 376 g/mol. The molecule has 0 radical (unpaired) electrons. The summed E-state index contributed by atoms with van der Waals surface area (Å²) in [5, 5.41) is 19.4. The number of hydrogen-bond donors (Lipinski definition) is 2. The molecule has 2 N–H and O–H groups in total. The highest BCUT2D eigenvalue weighted by atomic mass is 16.3. The summed E-state index contributed by atoms with van der Waals surface area (Å²) in [6, 6.07) is 0. The zero-order valence-electron chi connectivity index (χ0n) is 17.5. The van der Waals surface area contributed by atoms with Crippen LogP contribution in [0.5, 0.6) is 0 Å². The van der Waals surface area contributed by atoms with Crippen molar-refractivity contribution in [3.05, 3.63) is 24.3 Å². The van der Waals surface area contributed by atoms with Gasteiger partial charge in [-0.1, -0.05) is 38.0 Å². The van der Waals surface area contributed by atoms with E-state index in [2.05, 4.69) is 26.5 Å². The molecule has 0 aromatic rings. The fraction of sp³-hybridized carbons (Fsp3) is 0.792. The van der Waals surface area contributed by atoms with Gasteiger partial charge in [0.15, 0.2) is 0 Å². The van der Waals surface area contributed by atoms with E-state index in [1.165, 1.54) is 5.57 Å². The summed E-state index contributed by atoms with van der Waals surface area (Å²) >= 11 is 0. The van der Waals surface area contributed by atoms with E-state index in [1.54, 1.807) is 0 Å². The number of Topliss-reactive ketones (excluding diaryl/α,β-unsaturated/α-hetero) is 1. The van der Waals surface area contributed by atoms with Crippen LogP contribution in [0.25, 0.3) is 0 Å². The first-order valence-electron chi connectivity index (χ1n) is 11.0. The SMILES string of the molecule is C=CCCCC(C)(C)CCC(=O)[C@@H]1[C@@H]2CC(CCCCCO)=C[C@@H]2C[C@H]1O. The topological polar surface area (TPSA) is 57.5 Å². The molecule has 0 aromatic carbocycles. The van der Waals surface area contributed by atoms with Gasteiger partial charge in [-0.3, -0.25) is 4.79 Å². The van der Waals surface area contributed by atoms with E-state index < -0.39 is 6.10 Å². The molecular weight excluding hydrogens is 336 g/mol. The number of rotatable bonds is 13. The molecule has 154 valence electrons.